The number of hydrogen-bond donors (Lipinski definition) is 4. The second-order valence-corrected chi connectivity index (χ2v) is 8.79. The molecule has 4 N–H and O–H groups in total. The van der Waals surface area contributed by atoms with Crippen molar-refractivity contribution in [1.82, 2.24) is 0 Å². The minimum absolute atomic E-state index is 0.0681. The van der Waals surface area contributed by atoms with Crippen LogP contribution in [0.1, 0.15) is 61.8 Å². The Morgan fingerprint density at radius 2 is 0.743 bits per heavy atom. The topological polar surface area (TPSA) is 80.9 Å². The van der Waals surface area contributed by atoms with Gasteiger partial charge in [0.2, 0.25) is 0 Å². The molecule has 0 aliphatic heterocycles. The summed E-state index contributed by atoms with van der Waals surface area (Å²) in [7, 11) is 0. The zero-order chi connectivity index (χ0) is 25.4. The summed E-state index contributed by atoms with van der Waals surface area (Å²) in [6.45, 7) is 6.44. The fraction of sp³-hybridized carbons (Fsp3) is 0.226. The Labute approximate surface area is 207 Å². The quantitative estimate of drug-likeness (QED) is 0.236. The molecule has 35 heavy (non-hydrogen) atoms. The molecule has 0 aliphatic carbocycles. The SMILES string of the molecule is CC(c1ccc(O)cc1)c1ccc(O)cc1.CCC(CC)(c1ccc(O)cc1)c1ccc(O)cc1. The molecule has 0 aromatic heterocycles. The molecule has 0 bridgehead atoms. The highest BCUT2D eigenvalue weighted by Gasteiger charge is 2.30. The van der Waals surface area contributed by atoms with Crippen LogP contribution in [0.2, 0.25) is 0 Å². The van der Waals surface area contributed by atoms with E-state index in [0.717, 1.165) is 24.0 Å². The van der Waals surface area contributed by atoms with Crippen molar-refractivity contribution in [3.8, 4) is 23.0 Å². The predicted molar refractivity (Wildman–Crippen MR) is 141 cm³/mol. The van der Waals surface area contributed by atoms with E-state index in [2.05, 4.69) is 20.8 Å². The van der Waals surface area contributed by atoms with Crippen molar-refractivity contribution < 1.29 is 20.4 Å². The van der Waals surface area contributed by atoms with Gasteiger partial charge in [-0.25, -0.2) is 0 Å². The molecule has 0 saturated carbocycles. The molecule has 0 radical (unpaired) electrons. The largest absolute Gasteiger partial charge is 0.508 e. The van der Waals surface area contributed by atoms with Gasteiger partial charge in [-0.05, 0) is 83.6 Å². The summed E-state index contributed by atoms with van der Waals surface area (Å²) in [4.78, 5) is 0. The van der Waals surface area contributed by atoms with Gasteiger partial charge in [0.05, 0.1) is 0 Å². The lowest BCUT2D eigenvalue weighted by Crippen LogP contribution is -2.25. The maximum absolute atomic E-state index is 9.44. The van der Waals surface area contributed by atoms with Crippen LogP contribution in [-0.4, -0.2) is 20.4 Å². The Hall–Kier alpha value is -3.92. The second-order valence-electron chi connectivity index (χ2n) is 8.79. The minimum atomic E-state index is -0.0681. The highest BCUT2D eigenvalue weighted by Crippen LogP contribution is 2.39. The van der Waals surface area contributed by atoms with Crippen LogP contribution in [0.25, 0.3) is 0 Å². The fourth-order valence-corrected chi connectivity index (χ4v) is 4.51. The zero-order valence-electron chi connectivity index (χ0n) is 20.5. The van der Waals surface area contributed by atoms with E-state index in [4.69, 9.17) is 0 Å². The molecule has 0 heterocycles. The lowest BCUT2D eigenvalue weighted by atomic mass is 9.70. The van der Waals surface area contributed by atoms with Crippen LogP contribution in [0.3, 0.4) is 0 Å². The number of phenols is 4. The molecule has 182 valence electrons. The molecule has 4 heteroatoms. The third kappa shape index (κ3) is 6.15. The Morgan fingerprint density at radius 3 is 1.00 bits per heavy atom. The summed E-state index contributed by atoms with van der Waals surface area (Å²) < 4.78 is 0. The van der Waals surface area contributed by atoms with Crippen LogP contribution in [0, 0.1) is 0 Å². The normalized spacial score (nSPS) is 11.1. The van der Waals surface area contributed by atoms with Crippen LogP contribution in [0.5, 0.6) is 23.0 Å². The van der Waals surface area contributed by atoms with Gasteiger partial charge in [0.25, 0.3) is 0 Å². The molecular weight excluding hydrogens is 436 g/mol. The van der Waals surface area contributed by atoms with Gasteiger partial charge >= 0.3 is 0 Å². The van der Waals surface area contributed by atoms with Crippen LogP contribution < -0.4 is 0 Å². The van der Waals surface area contributed by atoms with Gasteiger partial charge in [0.15, 0.2) is 0 Å². The van der Waals surface area contributed by atoms with E-state index in [-0.39, 0.29) is 34.3 Å². The van der Waals surface area contributed by atoms with Gasteiger partial charge in [0.1, 0.15) is 23.0 Å². The summed E-state index contributed by atoms with van der Waals surface area (Å²) in [6, 6.07) is 29.2. The van der Waals surface area contributed by atoms with Crippen molar-refractivity contribution in [2.24, 2.45) is 0 Å². The first-order valence-corrected chi connectivity index (χ1v) is 12.0. The van der Waals surface area contributed by atoms with Crippen LogP contribution >= 0.6 is 0 Å². The van der Waals surface area contributed by atoms with Crippen molar-refractivity contribution in [3.63, 3.8) is 0 Å². The predicted octanol–water partition coefficient (Wildman–Crippen LogP) is 7.45. The highest BCUT2D eigenvalue weighted by molar-refractivity contribution is 5.43. The first kappa shape index (κ1) is 25.7. The van der Waals surface area contributed by atoms with Gasteiger partial charge in [-0.15, -0.1) is 0 Å². The van der Waals surface area contributed by atoms with Gasteiger partial charge < -0.3 is 20.4 Å². The zero-order valence-corrected chi connectivity index (χ0v) is 20.5. The molecule has 0 fully saturated rings. The van der Waals surface area contributed by atoms with E-state index < -0.39 is 0 Å². The lowest BCUT2D eigenvalue weighted by Gasteiger charge is -2.33. The summed E-state index contributed by atoms with van der Waals surface area (Å²) in [5, 5.41) is 37.3. The Kier molecular flexibility index (Phi) is 8.43. The van der Waals surface area contributed by atoms with E-state index in [1.807, 2.05) is 48.5 Å². The van der Waals surface area contributed by atoms with Gasteiger partial charge in [-0.3, -0.25) is 0 Å². The molecular formula is C31H34O4. The third-order valence-corrected chi connectivity index (χ3v) is 6.83. The molecule has 0 atom stereocenters. The van der Waals surface area contributed by atoms with Crippen LogP contribution in [0.15, 0.2) is 97.1 Å². The molecule has 0 aliphatic rings. The molecule has 4 aromatic carbocycles. The van der Waals surface area contributed by atoms with E-state index in [0.29, 0.717) is 0 Å². The van der Waals surface area contributed by atoms with Crippen LogP contribution in [-0.2, 0) is 5.41 Å². The second kappa shape index (κ2) is 11.5. The maximum Gasteiger partial charge on any atom is 0.115 e. The van der Waals surface area contributed by atoms with E-state index >= 15 is 0 Å². The molecule has 4 aromatic rings. The standard InChI is InChI=1S/C17H20O2.C14H14O2/c1-3-17(4-2,13-5-9-15(18)10-6-13)14-7-11-16(19)12-8-14;1-10(11-2-6-13(15)7-3-11)12-4-8-14(16)9-5-12/h5-12,18-19H,3-4H2,1-2H3;2-10,15-16H,1H3. The molecule has 4 rings (SSSR count). The Bertz CT molecular complexity index is 1080. The number of benzene rings is 4. The fourth-order valence-electron chi connectivity index (χ4n) is 4.51. The number of hydrogen-bond acceptors (Lipinski definition) is 4. The number of rotatable bonds is 6. The minimum Gasteiger partial charge on any atom is -0.508 e. The van der Waals surface area contributed by atoms with Gasteiger partial charge in [-0.1, -0.05) is 69.3 Å². The molecule has 0 saturated heterocycles. The monoisotopic (exact) mass is 470 g/mol. The summed E-state index contributed by atoms with van der Waals surface area (Å²) in [5.74, 6) is 1.38. The molecule has 0 amide bonds. The summed E-state index contributed by atoms with van der Waals surface area (Å²) in [5.41, 5.74) is 4.61. The van der Waals surface area contributed by atoms with Crippen molar-refractivity contribution >= 4 is 0 Å². The van der Waals surface area contributed by atoms with Crippen LogP contribution in [0.4, 0.5) is 0 Å². The van der Waals surface area contributed by atoms with E-state index in [1.165, 1.54) is 11.1 Å². The third-order valence-electron chi connectivity index (χ3n) is 6.83. The maximum atomic E-state index is 9.44. The molecule has 4 nitrogen and oxygen atoms in total. The molecule has 0 unspecified atom stereocenters. The Balaban J connectivity index is 0.000000198. The average Bonchev–Trinajstić information content (AvgIpc) is 2.88. The summed E-state index contributed by atoms with van der Waals surface area (Å²) >= 11 is 0. The molecule has 0 spiro atoms. The number of phenolic OH excluding ortho intramolecular Hbond substituents is 4. The first-order chi connectivity index (χ1) is 16.8. The highest BCUT2D eigenvalue weighted by atomic mass is 16.3. The van der Waals surface area contributed by atoms with Crippen molar-refractivity contribution in [1.29, 1.82) is 0 Å². The first-order valence-electron chi connectivity index (χ1n) is 12.0. The van der Waals surface area contributed by atoms with E-state index in [9.17, 15) is 20.4 Å². The lowest BCUT2D eigenvalue weighted by molar-refractivity contribution is 0.461. The van der Waals surface area contributed by atoms with Gasteiger partial charge in [0, 0.05) is 11.3 Å². The average molecular weight is 471 g/mol. The summed E-state index contributed by atoms with van der Waals surface area (Å²) in [6.07, 6.45) is 1.94. The van der Waals surface area contributed by atoms with Crippen molar-refractivity contribution in [3.05, 3.63) is 119 Å². The van der Waals surface area contributed by atoms with Crippen molar-refractivity contribution in [2.75, 3.05) is 0 Å². The number of aromatic hydroxyl groups is 4. The van der Waals surface area contributed by atoms with Gasteiger partial charge in [-0.2, -0.15) is 0 Å². The smallest absolute Gasteiger partial charge is 0.115 e. The van der Waals surface area contributed by atoms with Crippen molar-refractivity contribution in [2.45, 2.75) is 44.9 Å². The Morgan fingerprint density at radius 1 is 0.486 bits per heavy atom. The van der Waals surface area contributed by atoms with E-state index in [1.54, 1.807) is 48.5 Å².